The topological polar surface area (TPSA) is 73.6 Å². The highest BCUT2D eigenvalue weighted by Gasteiger charge is 2.31. The van der Waals surface area contributed by atoms with E-state index in [1.165, 1.54) is 0 Å². The van der Waals surface area contributed by atoms with Gasteiger partial charge in [-0.25, -0.2) is 0 Å². The van der Waals surface area contributed by atoms with Crippen molar-refractivity contribution in [3.8, 4) is 6.07 Å². The molecule has 0 radical (unpaired) electrons. The highest BCUT2D eigenvalue weighted by molar-refractivity contribution is 7.99. The summed E-state index contributed by atoms with van der Waals surface area (Å²) in [4.78, 5) is 28.9. The predicted molar refractivity (Wildman–Crippen MR) is 104 cm³/mol. The summed E-state index contributed by atoms with van der Waals surface area (Å²) in [6.45, 7) is 3.79. The summed E-state index contributed by atoms with van der Waals surface area (Å²) in [6.07, 6.45) is 1.74. The molecule has 0 N–H and O–H groups in total. The van der Waals surface area contributed by atoms with Gasteiger partial charge in [-0.15, -0.1) is 11.8 Å². The Morgan fingerprint density at radius 3 is 2.59 bits per heavy atom. The van der Waals surface area contributed by atoms with Gasteiger partial charge in [0.05, 0.1) is 36.5 Å². The fourth-order valence-corrected chi connectivity index (χ4v) is 4.36. The van der Waals surface area contributed by atoms with Crippen LogP contribution in [0.5, 0.6) is 0 Å². The van der Waals surface area contributed by atoms with Crippen molar-refractivity contribution in [2.45, 2.75) is 18.6 Å². The highest BCUT2D eigenvalue weighted by Crippen LogP contribution is 2.21. The van der Waals surface area contributed by atoms with Crippen LogP contribution in [0.25, 0.3) is 0 Å². The number of hydrogen-bond acceptors (Lipinski definition) is 5. The summed E-state index contributed by atoms with van der Waals surface area (Å²) < 4.78 is 5.31. The minimum Gasteiger partial charge on any atom is -0.378 e. The van der Waals surface area contributed by atoms with Crippen LogP contribution in [0.2, 0.25) is 0 Å². The Kier molecular flexibility index (Phi) is 7.13. The summed E-state index contributed by atoms with van der Waals surface area (Å²) in [5, 5.41) is 8.83. The number of morpholine rings is 1. The zero-order valence-corrected chi connectivity index (χ0v) is 16.2. The molecule has 0 aliphatic carbocycles. The third-order valence-corrected chi connectivity index (χ3v) is 6.01. The molecule has 2 aliphatic rings. The predicted octanol–water partition coefficient (Wildman–Crippen LogP) is 1.89. The third kappa shape index (κ3) is 5.47. The molecule has 2 heterocycles. The van der Waals surface area contributed by atoms with Gasteiger partial charge in [-0.2, -0.15) is 5.26 Å². The maximum atomic E-state index is 12.7. The number of likely N-dealkylation sites (tertiary alicyclic amines) is 1. The van der Waals surface area contributed by atoms with Crippen molar-refractivity contribution in [3.05, 3.63) is 35.4 Å². The van der Waals surface area contributed by atoms with Crippen LogP contribution in [-0.2, 0) is 20.1 Å². The van der Waals surface area contributed by atoms with Crippen LogP contribution in [0.4, 0.5) is 0 Å². The zero-order chi connectivity index (χ0) is 19.1. The normalized spacial score (nSPS) is 20.2. The summed E-state index contributed by atoms with van der Waals surface area (Å²) in [5.41, 5.74) is 1.75. The smallest absolute Gasteiger partial charge is 0.232 e. The maximum Gasteiger partial charge on any atom is 0.232 e. The summed E-state index contributed by atoms with van der Waals surface area (Å²) in [6, 6.07) is 9.54. The van der Waals surface area contributed by atoms with Crippen LogP contribution in [-0.4, -0.2) is 66.8 Å². The van der Waals surface area contributed by atoms with Crippen molar-refractivity contribution in [1.82, 2.24) is 9.80 Å². The van der Waals surface area contributed by atoms with E-state index in [1.54, 1.807) is 23.9 Å². The number of ether oxygens (including phenoxy) is 1. The van der Waals surface area contributed by atoms with E-state index in [1.807, 2.05) is 21.9 Å². The third-order valence-electron chi connectivity index (χ3n) is 5.02. The highest BCUT2D eigenvalue weighted by atomic mass is 32.2. The first-order chi connectivity index (χ1) is 13.2. The molecule has 6 nitrogen and oxygen atoms in total. The fraction of sp³-hybridized carbons (Fsp3) is 0.550. The van der Waals surface area contributed by atoms with Gasteiger partial charge in [-0.3, -0.25) is 9.59 Å². The monoisotopic (exact) mass is 387 g/mol. The number of rotatable bonds is 5. The molecule has 0 unspecified atom stereocenters. The van der Waals surface area contributed by atoms with Gasteiger partial charge in [0.25, 0.3) is 0 Å². The lowest BCUT2D eigenvalue weighted by Gasteiger charge is -2.36. The van der Waals surface area contributed by atoms with E-state index in [0.717, 1.165) is 30.7 Å². The van der Waals surface area contributed by atoms with Gasteiger partial charge in [0.1, 0.15) is 0 Å². The number of piperidine rings is 1. The second-order valence-electron chi connectivity index (χ2n) is 6.92. The Morgan fingerprint density at radius 2 is 1.89 bits per heavy atom. The first-order valence-electron chi connectivity index (χ1n) is 9.38. The van der Waals surface area contributed by atoms with Gasteiger partial charge in [0.15, 0.2) is 0 Å². The van der Waals surface area contributed by atoms with Crippen molar-refractivity contribution < 1.29 is 14.3 Å². The van der Waals surface area contributed by atoms with Crippen LogP contribution < -0.4 is 0 Å². The molecule has 144 valence electrons. The lowest BCUT2D eigenvalue weighted by molar-refractivity contribution is -0.143. The molecular formula is C20H25N3O3S. The number of thioether (sulfide) groups is 1. The van der Waals surface area contributed by atoms with Crippen LogP contribution in [0, 0.1) is 17.2 Å². The molecule has 3 rings (SSSR count). The molecule has 0 spiro atoms. The molecule has 7 heteroatoms. The molecule has 1 aromatic carbocycles. The SMILES string of the molecule is N#Cc1ccc(CSCC(=O)N2CCC[C@H](C(=O)N3CCOCC3)C2)cc1. The molecule has 2 amide bonds. The van der Waals surface area contributed by atoms with Crippen molar-refractivity contribution in [1.29, 1.82) is 5.26 Å². The number of hydrogen-bond donors (Lipinski definition) is 0. The number of benzene rings is 1. The van der Waals surface area contributed by atoms with Crippen LogP contribution in [0.3, 0.4) is 0 Å². The molecule has 1 aromatic rings. The molecule has 0 bridgehead atoms. The van der Waals surface area contributed by atoms with Gasteiger partial charge < -0.3 is 14.5 Å². The van der Waals surface area contributed by atoms with E-state index in [4.69, 9.17) is 10.00 Å². The quantitative estimate of drug-likeness (QED) is 0.771. The molecule has 2 saturated heterocycles. The number of carbonyl (C=O) groups is 2. The standard InChI is InChI=1S/C20H25N3O3S/c21-12-16-3-5-17(6-4-16)14-27-15-19(24)23-7-1-2-18(13-23)20(25)22-8-10-26-11-9-22/h3-6,18H,1-2,7-11,13-15H2/t18-/m0/s1. The van der Waals surface area contributed by atoms with Gasteiger partial charge in [-0.05, 0) is 30.5 Å². The summed E-state index contributed by atoms with van der Waals surface area (Å²) >= 11 is 1.57. The van der Waals surface area contributed by atoms with E-state index in [9.17, 15) is 9.59 Å². The molecular weight excluding hydrogens is 362 g/mol. The Balaban J connectivity index is 1.44. The molecule has 0 saturated carbocycles. The summed E-state index contributed by atoms with van der Waals surface area (Å²) in [7, 11) is 0. The van der Waals surface area contributed by atoms with Gasteiger partial charge in [0.2, 0.25) is 11.8 Å². The Hall–Kier alpha value is -2.04. The first-order valence-corrected chi connectivity index (χ1v) is 10.5. The average Bonchev–Trinajstić information content (AvgIpc) is 2.74. The van der Waals surface area contributed by atoms with E-state index in [0.29, 0.717) is 44.2 Å². The summed E-state index contributed by atoms with van der Waals surface area (Å²) in [5.74, 6) is 1.35. The van der Waals surface area contributed by atoms with Gasteiger partial charge in [-0.1, -0.05) is 12.1 Å². The minimum absolute atomic E-state index is 0.0793. The lowest BCUT2D eigenvalue weighted by atomic mass is 9.96. The number of amides is 2. The molecule has 0 aromatic heterocycles. The number of nitriles is 1. The Bertz CT molecular complexity index is 695. The largest absolute Gasteiger partial charge is 0.378 e. The molecule has 1 atom stereocenters. The molecule has 27 heavy (non-hydrogen) atoms. The number of carbonyl (C=O) groups excluding carboxylic acids is 2. The van der Waals surface area contributed by atoms with Crippen LogP contribution >= 0.6 is 11.8 Å². The Labute approximate surface area is 164 Å². The first kappa shape index (κ1) is 19.7. The average molecular weight is 388 g/mol. The lowest BCUT2D eigenvalue weighted by Crippen LogP contribution is -2.49. The second kappa shape index (κ2) is 9.77. The van der Waals surface area contributed by atoms with Crippen molar-refractivity contribution >= 4 is 23.6 Å². The van der Waals surface area contributed by atoms with E-state index in [2.05, 4.69) is 6.07 Å². The van der Waals surface area contributed by atoms with Crippen molar-refractivity contribution in [3.63, 3.8) is 0 Å². The van der Waals surface area contributed by atoms with Gasteiger partial charge in [0, 0.05) is 31.9 Å². The Morgan fingerprint density at radius 1 is 1.15 bits per heavy atom. The molecule has 2 fully saturated rings. The van der Waals surface area contributed by atoms with Crippen molar-refractivity contribution in [2.75, 3.05) is 45.1 Å². The number of nitrogens with zero attached hydrogens (tertiary/aromatic N) is 3. The maximum absolute atomic E-state index is 12.7. The van der Waals surface area contributed by atoms with Crippen molar-refractivity contribution in [2.24, 2.45) is 5.92 Å². The van der Waals surface area contributed by atoms with E-state index < -0.39 is 0 Å². The van der Waals surface area contributed by atoms with E-state index in [-0.39, 0.29) is 17.7 Å². The fourth-order valence-electron chi connectivity index (χ4n) is 3.47. The minimum atomic E-state index is -0.0793. The molecule has 2 aliphatic heterocycles. The van der Waals surface area contributed by atoms with E-state index >= 15 is 0 Å². The second-order valence-corrected chi connectivity index (χ2v) is 7.90. The van der Waals surface area contributed by atoms with Crippen LogP contribution in [0.15, 0.2) is 24.3 Å². The van der Waals surface area contributed by atoms with Gasteiger partial charge >= 0.3 is 0 Å². The zero-order valence-electron chi connectivity index (χ0n) is 15.4. The van der Waals surface area contributed by atoms with Crippen LogP contribution in [0.1, 0.15) is 24.0 Å².